The largest absolute Gasteiger partial charge is 0.382 e. The molecule has 366 valence electrons. The summed E-state index contributed by atoms with van der Waals surface area (Å²) in [6.45, 7) is 23.0. The fourth-order valence-corrected chi connectivity index (χ4v) is 5.25. The van der Waals surface area contributed by atoms with Crippen LogP contribution < -0.4 is 0 Å². The van der Waals surface area contributed by atoms with Crippen LogP contribution in [0.3, 0.4) is 0 Å². The lowest BCUT2D eigenvalue weighted by molar-refractivity contribution is -0.140. The van der Waals surface area contributed by atoms with Gasteiger partial charge in [-0.2, -0.15) is 0 Å². The number of carbonyl (C=O) groups excluding carboxylic acids is 4. The van der Waals surface area contributed by atoms with Crippen molar-refractivity contribution in [2.75, 3.05) is 179 Å². The topological polar surface area (TPSA) is 192 Å². The number of ether oxygens (including phenoxy) is 13. The van der Waals surface area contributed by atoms with Gasteiger partial charge in [-0.05, 0) is 19.3 Å². The lowest BCUT2D eigenvalue weighted by Gasteiger charge is -2.15. The highest BCUT2D eigenvalue weighted by Crippen LogP contribution is 2.26. The van der Waals surface area contributed by atoms with Gasteiger partial charge in [0.15, 0.2) is 0 Å². The van der Waals surface area contributed by atoms with Crippen LogP contribution in [0.5, 0.6) is 0 Å². The smallest absolute Gasteiger partial charge is 0.233 e. The van der Waals surface area contributed by atoms with Crippen molar-refractivity contribution < 1.29 is 80.8 Å². The summed E-state index contributed by atoms with van der Waals surface area (Å²) in [7, 11) is 1.64. The predicted molar refractivity (Wildman–Crippen MR) is 230 cm³/mol. The Balaban J connectivity index is 0.00000134. The van der Waals surface area contributed by atoms with E-state index in [1.807, 2.05) is 34.6 Å². The van der Waals surface area contributed by atoms with Crippen molar-refractivity contribution in [1.82, 2.24) is 4.90 Å². The average Bonchev–Trinajstić information content (AvgIpc) is 3.55. The van der Waals surface area contributed by atoms with Gasteiger partial charge in [0.1, 0.15) is 11.6 Å². The highest BCUT2D eigenvalue weighted by atomic mass is 16.6. The van der Waals surface area contributed by atoms with E-state index < -0.39 is 0 Å². The molecule has 1 rings (SSSR count). The number of imide groups is 1. The molecule has 0 aliphatic carbocycles. The van der Waals surface area contributed by atoms with E-state index in [-0.39, 0.29) is 60.5 Å². The molecule has 18 heteroatoms. The number of rotatable bonds is 46. The third-order valence-corrected chi connectivity index (χ3v) is 8.93. The van der Waals surface area contributed by atoms with Crippen molar-refractivity contribution in [2.45, 2.75) is 66.7 Å². The van der Waals surface area contributed by atoms with Gasteiger partial charge < -0.3 is 61.6 Å². The minimum atomic E-state index is -0.252. The minimum absolute atomic E-state index is 0.0331. The van der Waals surface area contributed by atoms with Gasteiger partial charge >= 0.3 is 0 Å². The van der Waals surface area contributed by atoms with Crippen LogP contribution in [0.25, 0.3) is 0 Å². The second kappa shape index (κ2) is 45.5. The van der Waals surface area contributed by atoms with Crippen LogP contribution in [0, 0.1) is 17.8 Å². The van der Waals surface area contributed by atoms with Crippen molar-refractivity contribution in [3.05, 3.63) is 0 Å². The SMILES string of the molecule is CCOCCOCCOCCOCCOCCOCCOCCCC(=O)CCN1C(=O)CC(C(C)C)C1=O.COCCOCCOCCOCCOCCOCCC(=O)C(C)C. The Morgan fingerprint density at radius 1 is 0.500 bits per heavy atom. The van der Waals surface area contributed by atoms with Gasteiger partial charge in [-0.3, -0.25) is 24.1 Å². The highest BCUT2D eigenvalue weighted by Gasteiger charge is 2.39. The van der Waals surface area contributed by atoms with Gasteiger partial charge in [-0.15, -0.1) is 0 Å². The van der Waals surface area contributed by atoms with Crippen LogP contribution in [0.15, 0.2) is 0 Å². The van der Waals surface area contributed by atoms with Crippen molar-refractivity contribution in [2.24, 2.45) is 17.8 Å². The monoisotopic (exact) mass is 898 g/mol. The van der Waals surface area contributed by atoms with Crippen molar-refractivity contribution in [1.29, 1.82) is 0 Å². The van der Waals surface area contributed by atoms with Gasteiger partial charge in [0.05, 0.1) is 152 Å². The Morgan fingerprint density at radius 2 is 0.855 bits per heavy atom. The first-order chi connectivity index (χ1) is 30.1. The van der Waals surface area contributed by atoms with Gasteiger partial charge in [0, 0.05) is 64.4 Å². The zero-order valence-corrected chi connectivity index (χ0v) is 39.0. The fraction of sp³-hybridized carbons (Fsp3) is 0.909. The summed E-state index contributed by atoms with van der Waals surface area (Å²) in [6, 6.07) is 0. The molecule has 0 N–H and O–H groups in total. The number of hydrogen-bond acceptors (Lipinski definition) is 17. The molecular formula is C44H83NO17. The molecule has 1 unspecified atom stereocenters. The standard InChI is InChI=1S/C27H49NO10.C17H34O7/c1-4-32-10-11-34-14-15-36-18-19-38-21-20-37-17-16-35-13-12-33-9-5-6-24(29)7-8-28-26(30)22-25(23(2)3)27(28)31;1-16(2)17(18)4-5-20-8-9-22-12-13-24-15-14-23-11-10-21-7-6-19-3/h23,25H,4-22H2,1-3H3;16H,4-15H2,1-3H3. The number of carbonyl (C=O) groups is 4. The molecule has 0 aromatic rings. The van der Waals surface area contributed by atoms with Crippen LogP contribution >= 0.6 is 0 Å². The zero-order chi connectivity index (χ0) is 45.7. The maximum atomic E-state index is 12.3. The molecule has 0 spiro atoms. The van der Waals surface area contributed by atoms with E-state index >= 15 is 0 Å². The Bertz CT molecular complexity index is 1050. The Morgan fingerprint density at radius 3 is 1.19 bits per heavy atom. The number of ketones is 2. The van der Waals surface area contributed by atoms with Gasteiger partial charge in [0.2, 0.25) is 11.8 Å². The number of likely N-dealkylation sites (tertiary alicyclic amines) is 1. The zero-order valence-electron chi connectivity index (χ0n) is 39.0. The number of hydrogen-bond donors (Lipinski definition) is 0. The number of Topliss-reactive ketones (excluding diaryl/α,β-unsaturated/α-hetero) is 2. The molecule has 1 saturated heterocycles. The summed E-state index contributed by atoms with van der Waals surface area (Å²) in [5.41, 5.74) is 0. The molecule has 0 saturated carbocycles. The predicted octanol–water partition coefficient (Wildman–Crippen LogP) is 3.22. The Hall–Kier alpha value is -2.04. The normalized spacial score (nSPS) is 14.1. The van der Waals surface area contributed by atoms with Crippen LogP contribution in [0.1, 0.15) is 66.7 Å². The van der Waals surface area contributed by atoms with Gasteiger partial charge in [-0.25, -0.2) is 0 Å². The van der Waals surface area contributed by atoms with Crippen LogP contribution in [0.2, 0.25) is 0 Å². The van der Waals surface area contributed by atoms with E-state index in [0.717, 1.165) is 0 Å². The molecule has 0 aromatic heterocycles. The molecule has 1 atom stereocenters. The maximum absolute atomic E-state index is 12.3. The molecule has 62 heavy (non-hydrogen) atoms. The summed E-state index contributed by atoms with van der Waals surface area (Å²) < 4.78 is 69.2. The number of methoxy groups -OCH3 is 1. The molecule has 0 radical (unpaired) electrons. The first-order valence-corrected chi connectivity index (χ1v) is 22.5. The average molecular weight is 898 g/mol. The van der Waals surface area contributed by atoms with Gasteiger partial charge in [0.25, 0.3) is 0 Å². The highest BCUT2D eigenvalue weighted by molar-refractivity contribution is 6.03. The summed E-state index contributed by atoms with van der Waals surface area (Å²) in [5, 5.41) is 0. The van der Waals surface area contributed by atoms with Crippen LogP contribution in [0.4, 0.5) is 0 Å². The molecule has 1 aliphatic heterocycles. The lowest BCUT2D eigenvalue weighted by Crippen LogP contribution is -2.33. The Kier molecular flexibility index (Phi) is 44.0. The molecule has 1 heterocycles. The summed E-state index contributed by atoms with van der Waals surface area (Å²) in [4.78, 5) is 49.0. The molecule has 2 amide bonds. The second-order valence-corrected chi connectivity index (χ2v) is 14.6. The third kappa shape index (κ3) is 38.4. The summed E-state index contributed by atoms with van der Waals surface area (Å²) >= 11 is 0. The van der Waals surface area contributed by atoms with Crippen molar-refractivity contribution >= 4 is 23.4 Å². The first-order valence-electron chi connectivity index (χ1n) is 22.5. The molecule has 0 bridgehead atoms. The Labute approximate surface area is 371 Å². The number of nitrogens with zero attached hydrogens (tertiary/aromatic N) is 1. The van der Waals surface area contributed by atoms with E-state index in [4.69, 9.17) is 61.6 Å². The first kappa shape index (κ1) is 60.0. The quantitative estimate of drug-likeness (QED) is 0.0639. The van der Waals surface area contributed by atoms with Gasteiger partial charge in [-0.1, -0.05) is 27.7 Å². The third-order valence-electron chi connectivity index (χ3n) is 8.93. The molecule has 1 aliphatic rings. The van der Waals surface area contributed by atoms with Crippen molar-refractivity contribution in [3.63, 3.8) is 0 Å². The van der Waals surface area contributed by atoms with E-state index in [1.165, 1.54) is 4.90 Å². The lowest BCUT2D eigenvalue weighted by atomic mass is 9.94. The molecule has 1 fully saturated rings. The van der Waals surface area contributed by atoms with E-state index in [0.29, 0.717) is 184 Å². The molecular weight excluding hydrogens is 814 g/mol. The summed E-state index contributed by atoms with van der Waals surface area (Å²) in [5.74, 6) is -0.0983. The minimum Gasteiger partial charge on any atom is -0.382 e. The number of amides is 2. The summed E-state index contributed by atoms with van der Waals surface area (Å²) in [6.07, 6.45) is 1.90. The van der Waals surface area contributed by atoms with E-state index in [9.17, 15) is 19.2 Å². The van der Waals surface area contributed by atoms with Crippen molar-refractivity contribution in [3.8, 4) is 0 Å². The van der Waals surface area contributed by atoms with E-state index in [2.05, 4.69) is 0 Å². The van der Waals surface area contributed by atoms with Crippen LogP contribution in [-0.4, -0.2) is 207 Å². The molecule has 18 nitrogen and oxygen atoms in total. The molecule has 0 aromatic carbocycles. The maximum Gasteiger partial charge on any atom is 0.233 e. The van der Waals surface area contributed by atoms with E-state index in [1.54, 1.807) is 7.11 Å². The van der Waals surface area contributed by atoms with Crippen LogP contribution in [-0.2, 0) is 80.8 Å². The fourth-order valence-electron chi connectivity index (χ4n) is 5.25. The second-order valence-electron chi connectivity index (χ2n) is 14.6.